The van der Waals surface area contributed by atoms with E-state index in [1.54, 1.807) is 11.1 Å². The molecule has 2 saturated heterocycles. The lowest BCUT2D eigenvalue weighted by Crippen LogP contribution is -2.44. The number of nitrogens with one attached hydrogen (secondary N) is 1. The van der Waals surface area contributed by atoms with Crippen LogP contribution in [0.2, 0.25) is 0 Å². The zero-order valence-electron chi connectivity index (χ0n) is 19.3. The number of nitrogens with zero attached hydrogens (tertiary/aromatic N) is 4. The quantitative estimate of drug-likeness (QED) is 0.753. The van der Waals surface area contributed by atoms with Crippen molar-refractivity contribution in [2.24, 2.45) is 0 Å². The van der Waals surface area contributed by atoms with E-state index in [2.05, 4.69) is 22.1 Å². The first-order valence-corrected chi connectivity index (χ1v) is 11.8. The fourth-order valence-electron chi connectivity index (χ4n) is 5.08. The van der Waals surface area contributed by atoms with E-state index in [9.17, 15) is 9.59 Å². The predicted octanol–water partition coefficient (Wildman–Crippen LogP) is 3.26. The zero-order valence-corrected chi connectivity index (χ0v) is 19.3. The summed E-state index contributed by atoms with van der Waals surface area (Å²) in [5.41, 5.74) is 2.58. The minimum atomic E-state index is -0.0371. The topological polar surface area (TPSA) is 72.5 Å². The Bertz CT molecular complexity index is 912. The molecule has 7 nitrogen and oxygen atoms in total. The highest BCUT2D eigenvalue weighted by atomic mass is 16.2. The molecule has 0 unspecified atom stereocenters. The van der Waals surface area contributed by atoms with Gasteiger partial charge in [0, 0.05) is 45.1 Å². The summed E-state index contributed by atoms with van der Waals surface area (Å²) in [6, 6.07) is 10.3. The molecule has 0 spiro atoms. The van der Waals surface area contributed by atoms with Crippen LogP contribution in [0.5, 0.6) is 0 Å². The molecule has 7 heteroatoms. The van der Waals surface area contributed by atoms with Gasteiger partial charge in [-0.05, 0) is 44.8 Å². The second-order valence-corrected chi connectivity index (χ2v) is 9.36. The number of H-pyrrole nitrogens is 1. The summed E-state index contributed by atoms with van der Waals surface area (Å²) in [5.74, 6) is 0.315. The van der Waals surface area contributed by atoms with E-state index in [4.69, 9.17) is 0 Å². The Labute approximate surface area is 190 Å². The molecule has 1 aromatic heterocycles. The fourth-order valence-corrected chi connectivity index (χ4v) is 5.08. The molecule has 0 bridgehead atoms. The molecule has 1 aromatic carbocycles. The van der Waals surface area contributed by atoms with Gasteiger partial charge in [-0.2, -0.15) is 5.10 Å². The SMILES string of the molecule is CN(Cc1ccccc1)C(=O)c1cn[nH]c1[C@@H]1CCCN(C(=O)C[C@@H]2CCCCN2C)C1. The van der Waals surface area contributed by atoms with Crippen molar-refractivity contribution in [1.29, 1.82) is 0 Å². The van der Waals surface area contributed by atoms with Crippen LogP contribution in [0.4, 0.5) is 0 Å². The second-order valence-electron chi connectivity index (χ2n) is 9.36. The first kappa shape index (κ1) is 22.5. The molecule has 172 valence electrons. The summed E-state index contributed by atoms with van der Waals surface area (Å²) in [6.07, 6.45) is 7.67. The molecule has 2 aromatic rings. The number of rotatable bonds is 6. The standard InChI is InChI=1S/C25H35N5O2/c1-28-13-7-6-12-21(28)15-23(31)30-14-8-11-20(18-30)24-22(16-26-27-24)25(32)29(2)17-19-9-4-3-5-10-19/h3-5,9-10,16,20-21H,6-8,11-15,17-18H2,1-2H3,(H,26,27)/t20-,21+/m1/s1. The van der Waals surface area contributed by atoms with E-state index in [1.165, 1.54) is 12.8 Å². The van der Waals surface area contributed by atoms with Gasteiger partial charge in [0.05, 0.1) is 17.5 Å². The number of piperidine rings is 2. The van der Waals surface area contributed by atoms with Crippen LogP contribution in [0.15, 0.2) is 36.5 Å². The van der Waals surface area contributed by atoms with Gasteiger partial charge in [0.15, 0.2) is 0 Å². The highest BCUT2D eigenvalue weighted by Gasteiger charge is 2.31. The molecule has 0 radical (unpaired) electrons. The van der Waals surface area contributed by atoms with Crippen molar-refractivity contribution < 1.29 is 9.59 Å². The van der Waals surface area contributed by atoms with Gasteiger partial charge in [-0.1, -0.05) is 36.8 Å². The molecule has 2 amide bonds. The van der Waals surface area contributed by atoms with Gasteiger partial charge in [0.25, 0.3) is 5.91 Å². The molecule has 2 aliphatic heterocycles. The number of aromatic nitrogens is 2. The summed E-state index contributed by atoms with van der Waals surface area (Å²) < 4.78 is 0. The summed E-state index contributed by atoms with van der Waals surface area (Å²) >= 11 is 0. The van der Waals surface area contributed by atoms with E-state index in [0.29, 0.717) is 31.1 Å². The Kier molecular flexibility index (Phi) is 7.25. The minimum absolute atomic E-state index is 0.0371. The number of carbonyl (C=O) groups excluding carboxylic acids is 2. The van der Waals surface area contributed by atoms with Gasteiger partial charge in [0.2, 0.25) is 5.91 Å². The lowest BCUT2D eigenvalue weighted by Gasteiger charge is -2.36. The molecule has 32 heavy (non-hydrogen) atoms. The van der Waals surface area contributed by atoms with E-state index >= 15 is 0 Å². The van der Waals surface area contributed by atoms with Crippen LogP contribution >= 0.6 is 0 Å². The van der Waals surface area contributed by atoms with Crippen molar-refractivity contribution in [3.8, 4) is 0 Å². The summed E-state index contributed by atoms with van der Waals surface area (Å²) in [5, 5.41) is 7.28. The van der Waals surface area contributed by atoms with Crippen LogP contribution in [0.25, 0.3) is 0 Å². The van der Waals surface area contributed by atoms with Crippen molar-refractivity contribution in [2.45, 2.75) is 57.0 Å². The first-order chi connectivity index (χ1) is 15.5. The summed E-state index contributed by atoms with van der Waals surface area (Å²) in [4.78, 5) is 32.3. The molecule has 1 N–H and O–H groups in total. The number of hydrogen-bond donors (Lipinski definition) is 1. The smallest absolute Gasteiger partial charge is 0.257 e. The lowest BCUT2D eigenvalue weighted by atomic mass is 9.91. The Hall–Kier alpha value is -2.67. The molecular formula is C25H35N5O2. The van der Waals surface area contributed by atoms with E-state index in [0.717, 1.165) is 43.6 Å². The molecule has 0 aliphatic carbocycles. The highest BCUT2D eigenvalue weighted by molar-refractivity contribution is 5.95. The van der Waals surface area contributed by atoms with Gasteiger partial charge in [-0.15, -0.1) is 0 Å². The number of aromatic amines is 1. The normalized spacial score (nSPS) is 22.0. The largest absolute Gasteiger partial charge is 0.342 e. The van der Waals surface area contributed by atoms with E-state index in [1.807, 2.05) is 42.3 Å². The van der Waals surface area contributed by atoms with Crippen LogP contribution < -0.4 is 0 Å². The predicted molar refractivity (Wildman–Crippen MR) is 124 cm³/mol. The zero-order chi connectivity index (χ0) is 22.5. The van der Waals surface area contributed by atoms with Crippen molar-refractivity contribution in [3.63, 3.8) is 0 Å². The van der Waals surface area contributed by atoms with Gasteiger partial charge in [0.1, 0.15) is 0 Å². The molecule has 2 aliphatic rings. The lowest BCUT2D eigenvalue weighted by molar-refractivity contribution is -0.134. The van der Waals surface area contributed by atoms with Crippen LogP contribution in [-0.4, -0.2) is 76.5 Å². The van der Waals surface area contributed by atoms with Crippen molar-refractivity contribution in [2.75, 3.05) is 33.7 Å². The second kappa shape index (κ2) is 10.3. The molecule has 3 heterocycles. The summed E-state index contributed by atoms with van der Waals surface area (Å²) in [6.45, 7) is 3.09. The maximum Gasteiger partial charge on any atom is 0.257 e. The molecule has 2 atom stereocenters. The van der Waals surface area contributed by atoms with Crippen LogP contribution in [0.3, 0.4) is 0 Å². The fraction of sp³-hybridized carbons (Fsp3) is 0.560. The van der Waals surface area contributed by atoms with Crippen LogP contribution in [0.1, 0.15) is 66.1 Å². The van der Waals surface area contributed by atoms with Crippen LogP contribution in [-0.2, 0) is 11.3 Å². The third kappa shape index (κ3) is 5.21. The van der Waals surface area contributed by atoms with Gasteiger partial charge in [-0.25, -0.2) is 0 Å². The number of benzene rings is 1. The Morgan fingerprint density at radius 1 is 1.12 bits per heavy atom. The average Bonchev–Trinajstić information content (AvgIpc) is 3.31. The van der Waals surface area contributed by atoms with Crippen molar-refractivity contribution in [3.05, 3.63) is 53.3 Å². The third-order valence-electron chi connectivity index (χ3n) is 7.02. The minimum Gasteiger partial charge on any atom is -0.342 e. The van der Waals surface area contributed by atoms with Crippen molar-refractivity contribution >= 4 is 11.8 Å². The maximum absolute atomic E-state index is 13.2. The molecular weight excluding hydrogens is 402 g/mol. The van der Waals surface area contributed by atoms with E-state index < -0.39 is 0 Å². The van der Waals surface area contributed by atoms with Gasteiger partial charge in [-0.3, -0.25) is 14.7 Å². The van der Waals surface area contributed by atoms with Gasteiger partial charge < -0.3 is 14.7 Å². The Balaban J connectivity index is 1.40. The molecule has 4 rings (SSSR count). The Morgan fingerprint density at radius 3 is 2.72 bits per heavy atom. The molecule has 0 saturated carbocycles. The number of carbonyl (C=O) groups is 2. The third-order valence-corrected chi connectivity index (χ3v) is 7.02. The maximum atomic E-state index is 13.2. The summed E-state index contributed by atoms with van der Waals surface area (Å²) in [7, 11) is 3.95. The van der Waals surface area contributed by atoms with Gasteiger partial charge >= 0.3 is 0 Å². The number of amides is 2. The first-order valence-electron chi connectivity index (χ1n) is 11.8. The average molecular weight is 438 g/mol. The number of hydrogen-bond acceptors (Lipinski definition) is 4. The highest BCUT2D eigenvalue weighted by Crippen LogP contribution is 2.29. The van der Waals surface area contributed by atoms with Crippen molar-refractivity contribution in [1.82, 2.24) is 24.9 Å². The monoisotopic (exact) mass is 437 g/mol. The Morgan fingerprint density at radius 2 is 1.94 bits per heavy atom. The van der Waals surface area contributed by atoms with Crippen LogP contribution in [0, 0.1) is 0 Å². The molecule has 2 fully saturated rings. The number of likely N-dealkylation sites (tertiary alicyclic amines) is 2. The van der Waals surface area contributed by atoms with E-state index in [-0.39, 0.29) is 17.7 Å².